The lowest BCUT2D eigenvalue weighted by Gasteiger charge is -2.19. The van der Waals surface area contributed by atoms with Gasteiger partial charge in [0.2, 0.25) is 0 Å². The standard InChI is InChI=1S/C24H28O5/c1-14(2)28-22-12-17-7-9-18(16-8-10-20(26-5)21(11-16)27-6)24(25)19(17)13-23(22)29-15(3)4/h7-15,25H,1-6H3. The van der Waals surface area contributed by atoms with Gasteiger partial charge in [0.1, 0.15) is 5.75 Å². The maximum atomic E-state index is 11.1. The first-order valence-electron chi connectivity index (χ1n) is 9.69. The molecule has 0 heterocycles. The second kappa shape index (κ2) is 8.52. The average molecular weight is 396 g/mol. The highest BCUT2D eigenvalue weighted by Crippen LogP contribution is 2.43. The third-order valence-corrected chi connectivity index (χ3v) is 4.48. The molecule has 0 aliphatic rings. The highest BCUT2D eigenvalue weighted by atomic mass is 16.5. The van der Waals surface area contributed by atoms with Gasteiger partial charge >= 0.3 is 0 Å². The second-order valence-corrected chi connectivity index (χ2v) is 7.38. The molecule has 0 aliphatic carbocycles. The first-order chi connectivity index (χ1) is 13.8. The van der Waals surface area contributed by atoms with Crippen molar-refractivity contribution in [3.8, 4) is 39.9 Å². The number of ether oxygens (including phenoxy) is 4. The molecule has 0 radical (unpaired) electrons. The predicted molar refractivity (Wildman–Crippen MR) is 116 cm³/mol. The van der Waals surface area contributed by atoms with Gasteiger partial charge in [-0.1, -0.05) is 18.2 Å². The minimum atomic E-state index is -0.0156. The summed E-state index contributed by atoms with van der Waals surface area (Å²) in [6.45, 7) is 7.87. The molecule has 29 heavy (non-hydrogen) atoms. The van der Waals surface area contributed by atoms with E-state index < -0.39 is 0 Å². The summed E-state index contributed by atoms with van der Waals surface area (Å²) in [7, 11) is 3.19. The van der Waals surface area contributed by atoms with Crippen molar-refractivity contribution in [1.82, 2.24) is 0 Å². The fraction of sp³-hybridized carbons (Fsp3) is 0.333. The van der Waals surface area contributed by atoms with Crippen LogP contribution in [-0.2, 0) is 0 Å². The molecule has 3 aromatic rings. The van der Waals surface area contributed by atoms with Crippen LogP contribution in [0, 0.1) is 0 Å². The van der Waals surface area contributed by atoms with Gasteiger partial charge in [-0.25, -0.2) is 0 Å². The maximum Gasteiger partial charge on any atom is 0.162 e. The Kier molecular flexibility index (Phi) is 6.06. The van der Waals surface area contributed by atoms with Gasteiger partial charge in [-0.3, -0.25) is 0 Å². The molecule has 1 N–H and O–H groups in total. The summed E-state index contributed by atoms with van der Waals surface area (Å²) in [5.41, 5.74) is 1.53. The molecule has 0 unspecified atom stereocenters. The molecule has 3 rings (SSSR count). The third kappa shape index (κ3) is 4.34. The van der Waals surface area contributed by atoms with Crippen LogP contribution < -0.4 is 18.9 Å². The molecule has 154 valence electrons. The largest absolute Gasteiger partial charge is 0.507 e. The summed E-state index contributed by atoms with van der Waals surface area (Å²) in [5.74, 6) is 2.70. The Morgan fingerprint density at radius 3 is 1.90 bits per heavy atom. The summed E-state index contributed by atoms with van der Waals surface area (Å²) in [4.78, 5) is 0. The summed E-state index contributed by atoms with van der Waals surface area (Å²) < 4.78 is 22.6. The molecule has 0 aromatic heterocycles. The molecule has 0 bridgehead atoms. The minimum Gasteiger partial charge on any atom is -0.507 e. The van der Waals surface area contributed by atoms with Crippen LogP contribution in [0.4, 0.5) is 0 Å². The normalized spacial score (nSPS) is 11.2. The molecule has 0 aliphatic heterocycles. The quantitative estimate of drug-likeness (QED) is 0.547. The molecule has 0 fully saturated rings. The van der Waals surface area contributed by atoms with Crippen LogP contribution in [0.3, 0.4) is 0 Å². The van der Waals surface area contributed by atoms with Crippen molar-refractivity contribution in [2.75, 3.05) is 14.2 Å². The predicted octanol–water partition coefficient (Wildman–Crippen LogP) is 5.80. The molecule has 5 nitrogen and oxygen atoms in total. The molecule has 0 saturated heterocycles. The summed E-state index contributed by atoms with van der Waals surface area (Å²) in [6, 6.07) is 13.2. The molecule has 0 saturated carbocycles. The van der Waals surface area contributed by atoms with E-state index in [9.17, 15) is 5.11 Å². The van der Waals surface area contributed by atoms with E-state index in [1.165, 1.54) is 0 Å². The smallest absolute Gasteiger partial charge is 0.162 e. The number of phenolic OH excluding ortho intramolecular Hbond substituents is 1. The van der Waals surface area contributed by atoms with Crippen LogP contribution in [0.5, 0.6) is 28.7 Å². The van der Waals surface area contributed by atoms with Gasteiger partial charge in [0, 0.05) is 10.9 Å². The van der Waals surface area contributed by atoms with E-state index in [1.807, 2.05) is 70.2 Å². The van der Waals surface area contributed by atoms with E-state index in [0.717, 1.165) is 10.9 Å². The van der Waals surface area contributed by atoms with Gasteiger partial charge in [0.25, 0.3) is 0 Å². The van der Waals surface area contributed by atoms with Crippen molar-refractivity contribution in [2.24, 2.45) is 0 Å². The highest BCUT2D eigenvalue weighted by Gasteiger charge is 2.16. The zero-order valence-electron chi connectivity index (χ0n) is 17.8. The molecule has 0 atom stereocenters. The van der Waals surface area contributed by atoms with E-state index >= 15 is 0 Å². The van der Waals surface area contributed by atoms with Gasteiger partial charge in [0.15, 0.2) is 23.0 Å². The summed E-state index contributed by atoms with van der Waals surface area (Å²) in [5, 5.41) is 12.6. The lowest BCUT2D eigenvalue weighted by molar-refractivity contribution is 0.199. The van der Waals surface area contributed by atoms with Crippen molar-refractivity contribution >= 4 is 10.8 Å². The lowest BCUT2D eigenvalue weighted by Crippen LogP contribution is -2.10. The van der Waals surface area contributed by atoms with Crippen LogP contribution in [0.25, 0.3) is 21.9 Å². The fourth-order valence-corrected chi connectivity index (χ4v) is 3.24. The number of fused-ring (bicyclic) bond motifs is 1. The third-order valence-electron chi connectivity index (χ3n) is 4.48. The van der Waals surface area contributed by atoms with Crippen molar-refractivity contribution in [3.63, 3.8) is 0 Å². The van der Waals surface area contributed by atoms with Gasteiger partial charge in [0.05, 0.1) is 26.4 Å². The number of phenols is 1. The first kappa shape index (κ1) is 20.6. The minimum absolute atomic E-state index is 0.0154. The van der Waals surface area contributed by atoms with Gasteiger partial charge in [-0.05, 0) is 62.9 Å². The van der Waals surface area contributed by atoms with Gasteiger partial charge < -0.3 is 24.1 Å². The number of aromatic hydroxyl groups is 1. The molecular weight excluding hydrogens is 368 g/mol. The van der Waals surface area contributed by atoms with E-state index in [0.29, 0.717) is 33.9 Å². The average Bonchev–Trinajstić information content (AvgIpc) is 2.68. The monoisotopic (exact) mass is 396 g/mol. The van der Waals surface area contributed by atoms with E-state index in [2.05, 4.69) is 0 Å². The van der Waals surface area contributed by atoms with Crippen LogP contribution >= 0.6 is 0 Å². The van der Waals surface area contributed by atoms with Gasteiger partial charge in [-0.2, -0.15) is 0 Å². The highest BCUT2D eigenvalue weighted by molar-refractivity contribution is 5.97. The Morgan fingerprint density at radius 1 is 0.690 bits per heavy atom. The van der Waals surface area contributed by atoms with Crippen molar-refractivity contribution < 1.29 is 24.1 Å². The maximum absolute atomic E-state index is 11.1. The zero-order valence-corrected chi connectivity index (χ0v) is 17.8. The summed E-state index contributed by atoms with van der Waals surface area (Å²) >= 11 is 0. The van der Waals surface area contributed by atoms with E-state index in [-0.39, 0.29) is 18.0 Å². The van der Waals surface area contributed by atoms with Crippen LogP contribution in [0.1, 0.15) is 27.7 Å². The van der Waals surface area contributed by atoms with Gasteiger partial charge in [-0.15, -0.1) is 0 Å². The zero-order chi connectivity index (χ0) is 21.1. The Balaban J connectivity index is 2.15. The topological polar surface area (TPSA) is 57.2 Å². The van der Waals surface area contributed by atoms with Crippen LogP contribution in [-0.4, -0.2) is 31.5 Å². The molecule has 0 spiro atoms. The molecule has 3 aromatic carbocycles. The number of hydrogen-bond donors (Lipinski definition) is 1. The fourth-order valence-electron chi connectivity index (χ4n) is 3.24. The first-order valence-corrected chi connectivity index (χ1v) is 9.69. The van der Waals surface area contributed by atoms with E-state index in [1.54, 1.807) is 14.2 Å². The Morgan fingerprint density at radius 2 is 1.31 bits per heavy atom. The lowest BCUT2D eigenvalue weighted by atomic mass is 9.98. The Hall–Kier alpha value is -3.08. The van der Waals surface area contributed by atoms with E-state index in [4.69, 9.17) is 18.9 Å². The SMILES string of the molecule is COc1ccc(-c2ccc3cc(OC(C)C)c(OC(C)C)cc3c2O)cc1OC. The molecule has 5 heteroatoms. The van der Waals surface area contributed by atoms with Crippen LogP contribution in [0.2, 0.25) is 0 Å². The molecule has 0 amide bonds. The van der Waals surface area contributed by atoms with Crippen molar-refractivity contribution in [3.05, 3.63) is 42.5 Å². The van der Waals surface area contributed by atoms with Crippen LogP contribution in [0.15, 0.2) is 42.5 Å². The number of hydrogen-bond acceptors (Lipinski definition) is 5. The Bertz CT molecular complexity index is 1010. The van der Waals surface area contributed by atoms with Crippen molar-refractivity contribution in [2.45, 2.75) is 39.9 Å². The van der Waals surface area contributed by atoms with Crippen molar-refractivity contribution in [1.29, 1.82) is 0 Å². The molecular formula is C24H28O5. The number of methoxy groups -OCH3 is 2. The number of benzene rings is 3. The second-order valence-electron chi connectivity index (χ2n) is 7.38. The Labute approximate surface area is 171 Å². The summed E-state index contributed by atoms with van der Waals surface area (Å²) in [6.07, 6.45) is -0.000247. The number of rotatable bonds is 7.